The van der Waals surface area contributed by atoms with Crippen LogP contribution in [0, 0.1) is 5.92 Å². The molecule has 0 aromatic heterocycles. The second-order valence-corrected chi connectivity index (χ2v) is 11.8. The first-order chi connectivity index (χ1) is 19.9. The van der Waals surface area contributed by atoms with Gasteiger partial charge in [-0.2, -0.15) is 0 Å². The molecular formula is C35H57NO5. The Bertz CT molecular complexity index is 896. The lowest BCUT2D eigenvalue weighted by Crippen LogP contribution is -2.38. The standard InChI is InChI=1S/C35H57NO5/c1-4-6-7-8-9-10-11-12-13-14-15-16-17-18-20-30(38)27-32-34(39)33(35(40)41-3)31(19-5-2)36(32)26-25-28-21-23-29(37)24-22-28/h21-24,27,31,33-34,37,39H,4-20,25-26H2,1-3H3/b32-27+/t31-,33-,34-/m0/s1. The van der Waals surface area contributed by atoms with Crippen LogP contribution in [0.1, 0.15) is 129 Å². The molecule has 6 heteroatoms. The second kappa shape index (κ2) is 20.5. The van der Waals surface area contributed by atoms with Gasteiger partial charge in [-0.1, -0.05) is 116 Å². The number of unbranched alkanes of at least 4 members (excludes halogenated alkanes) is 13. The highest BCUT2D eigenvalue weighted by Gasteiger charge is 2.48. The summed E-state index contributed by atoms with van der Waals surface area (Å²) in [5.74, 6) is -0.920. The molecule has 0 saturated carbocycles. The summed E-state index contributed by atoms with van der Waals surface area (Å²) in [7, 11) is 1.35. The molecule has 41 heavy (non-hydrogen) atoms. The molecule has 0 radical (unpaired) electrons. The van der Waals surface area contributed by atoms with Crippen LogP contribution in [0.3, 0.4) is 0 Å². The summed E-state index contributed by atoms with van der Waals surface area (Å²) in [4.78, 5) is 27.7. The summed E-state index contributed by atoms with van der Waals surface area (Å²) in [6.45, 7) is 4.89. The van der Waals surface area contributed by atoms with Crippen LogP contribution < -0.4 is 0 Å². The fourth-order valence-electron chi connectivity index (χ4n) is 6.11. The van der Waals surface area contributed by atoms with Gasteiger partial charge in [-0.3, -0.25) is 9.59 Å². The number of likely N-dealkylation sites (tertiary alicyclic amines) is 1. The van der Waals surface area contributed by atoms with E-state index in [1.165, 1.54) is 77.7 Å². The Morgan fingerprint density at radius 3 is 1.88 bits per heavy atom. The summed E-state index contributed by atoms with van der Waals surface area (Å²) in [6.07, 6.45) is 21.1. The number of aliphatic hydroxyl groups excluding tert-OH is 1. The lowest BCUT2D eigenvalue weighted by atomic mass is 9.94. The van der Waals surface area contributed by atoms with Crippen LogP contribution in [0.5, 0.6) is 5.75 Å². The van der Waals surface area contributed by atoms with Crippen molar-refractivity contribution in [2.75, 3.05) is 13.7 Å². The minimum atomic E-state index is -1.06. The molecule has 0 bridgehead atoms. The predicted octanol–water partition coefficient (Wildman–Crippen LogP) is 7.89. The van der Waals surface area contributed by atoms with Crippen molar-refractivity contribution < 1.29 is 24.5 Å². The molecule has 1 heterocycles. The molecule has 0 unspecified atom stereocenters. The highest BCUT2D eigenvalue weighted by atomic mass is 16.5. The van der Waals surface area contributed by atoms with E-state index in [-0.39, 0.29) is 17.6 Å². The molecular weight excluding hydrogens is 514 g/mol. The number of methoxy groups -OCH3 is 1. The number of phenolic OH excluding ortho intramolecular Hbond substituents is 1. The van der Waals surface area contributed by atoms with Gasteiger partial charge in [0.05, 0.1) is 7.11 Å². The monoisotopic (exact) mass is 571 g/mol. The summed E-state index contributed by atoms with van der Waals surface area (Å²) in [5, 5.41) is 20.8. The number of carbonyl (C=O) groups is 2. The Morgan fingerprint density at radius 1 is 0.829 bits per heavy atom. The Kier molecular flexibility index (Phi) is 17.4. The number of nitrogens with zero attached hydrogens (tertiary/aromatic N) is 1. The summed E-state index contributed by atoms with van der Waals surface area (Å²) < 4.78 is 5.05. The van der Waals surface area contributed by atoms with Crippen molar-refractivity contribution in [2.45, 2.75) is 142 Å². The van der Waals surface area contributed by atoms with E-state index >= 15 is 0 Å². The van der Waals surface area contributed by atoms with Crippen molar-refractivity contribution in [3.8, 4) is 5.75 Å². The molecule has 1 aliphatic heterocycles. The Hall–Kier alpha value is -2.34. The number of ketones is 1. The number of allylic oxidation sites excluding steroid dienone is 1. The van der Waals surface area contributed by atoms with Crippen molar-refractivity contribution in [3.63, 3.8) is 0 Å². The van der Waals surface area contributed by atoms with Crippen molar-refractivity contribution >= 4 is 11.8 Å². The molecule has 1 saturated heterocycles. The number of carbonyl (C=O) groups excluding carboxylic acids is 2. The molecule has 2 N–H and O–H groups in total. The molecule has 1 aromatic carbocycles. The number of esters is 1. The number of rotatable bonds is 22. The zero-order valence-corrected chi connectivity index (χ0v) is 26.1. The number of hydrogen-bond donors (Lipinski definition) is 2. The SMILES string of the molecule is CCCCCCCCCCCCCCCCC(=O)/C=C1\[C@H](O)[C@@H](C(=O)OC)[C@H](CCC)N1CCc1ccc(O)cc1. The largest absolute Gasteiger partial charge is 0.508 e. The van der Waals surface area contributed by atoms with Gasteiger partial charge < -0.3 is 19.8 Å². The summed E-state index contributed by atoms with van der Waals surface area (Å²) in [6, 6.07) is 6.84. The first-order valence-electron chi connectivity index (χ1n) is 16.5. The van der Waals surface area contributed by atoms with E-state index in [9.17, 15) is 19.8 Å². The van der Waals surface area contributed by atoms with Crippen molar-refractivity contribution in [1.29, 1.82) is 0 Å². The Morgan fingerprint density at radius 2 is 1.37 bits per heavy atom. The first kappa shape index (κ1) is 34.9. The number of benzene rings is 1. The van der Waals surface area contributed by atoms with Crippen LogP contribution in [-0.4, -0.2) is 52.7 Å². The van der Waals surface area contributed by atoms with Gasteiger partial charge in [-0.15, -0.1) is 0 Å². The highest BCUT2D eigenvalue weighted by Crippen LogP contribution is 2.37. The fraction of sp³-hybridized carbons (Fsp3) is 0.714. The van der Waals surface area contributed by atoms with Crippen LogP contribution >= 0.6 is 0 Å². The van der Waals surface area contributed by atoms with Gasteiger partial charge in [0.25, 0.3) is 0 Å². The van der Waals surface area contributed by atoms with Crippen LogP contribution in [0.2, 0.25) is 0 Å². The zero-order chi connectivity index (χ0) is 29.9. The maximum atomic E-state index is 13.0. The predicted molar refractivity (Wildman–Crippen MR) is 167 cm³/mol. The Labute approximate surface area is 249 Å². The third-order valence-electron chi connectivity index (χ3n) is 8.51. The molecule has 2 rings (SSSR count). The average molecular weight is 572 g/mol. The number of ether oxygens (including phenoxy) is 1. The highest BCUT2D eigenvalue weighted by molar-refractivity contribution is 5.90. The van der Waals surface area contributed by atoms with E-state index in [2.05, 4.69) is 13.8 Å². The molecule has 1 aliphatic rings. The van der Waals surface area contributed by atoms with Crippen molar-refractivity contribution in [2.24, 2.45) is 5.92 Å². The zero-order valence-electron chi connectivity index (χ0n) is 26.1. The minimum absolute atomic E-state index is 0.00776. The molecule has 0 aliphatic carbocycles. The van der Waals surface area contributed by atoms with E-state index in [1.807, 2.05) is 17.0 Å². The minimum Gasteiger partial charge on any atom is -0.508 e. The lowest BCUT2D eigenvalue weighted by Gasteiger charge is -2.29. The normalized spacial score (nSPS) is 19.7. The molecule has 232 valence electrons. The molecule has 1 fully saturated rings. The number of aromatic hydroxyl groups is 1. The third-order valence-corrected chi connectivity index (χ3v) is 8.51. The average Bonchev–Trinajstić information content (AvgIpc) is 3.22. The molecule has 0 spiro atoms. The maximum Gasteiger partial charge on any atom is 0.313 e. The van der Waals surface area contributed by atoms with Gasteiger partial charge in [-0.25, -0.2) is 0 Å². The van der Waals surface area contributed by atoms with Crippen LogP contribution in [-0.2, 0) is 20.7 Å². The quantitative estimate of drug-likeness (QED) is 0.0836. The van der Waals surface area contributed by atoms with E-state index in [1.54, 1.807) is 18.2 Å². The van der Waals surface area contributed by atoms with Gasteiger partial charge in [0.1, 0.15) is 17.8 Å². The lowest BCUT2D eigenvalue weighted by molar-refractivity contribution is -0.149. The first-order valence-corrected chi connectivity index (χ1v) is 16.5. The summed E-state index contributed by atoms with van der Waals surface area (Å²) in [5.41, 5.74) is 1.58. The third kappa shape index (κ3) is 12.6. The summed E-state index contributed by atoms with van der Waals surface area (Å²) >= 11 is 0. The number of aliphatic hydroxyl groups is 1. The maximum absolute atomic E-state index is 13.0. The molecule has 0 amide bonds. The molecule has 3 atom stereocenters. The van der Waals surface area contributed by atoms with E-state index in [0.29, 0.717) is 25.1 Å². The fourth-order valence-corrected chi connectivity index (χ4v) is 6.11. The van der Waals surface area contributed by atoms with Crippen LogP contribution in [0.4, 0.5) is 0 Å². The van der Waals surface area contributed by atoms with Crippen molar-refractivity contribution in [1.82, 2.24) is 4.90 Å². The molecule has 6 nitrogen and oxygen atoms in total. The second-order valence-electron chi connectivity index (χ2n) is 11.8. The van der Waals surface area contributed by atoms with Gasteiger partial charge in [0, 0.05) is 30.8 Å². The van der Waals surface area contributed by atoms with E-state index in [0.717, 1.165) is 37.7 Å². The van der Waals surface area contributed by atoms with Gasteiger partial charge >= 0.3 is 5.97 Å². The van der Waals surface area contributed by atoms with Crippen LogP contribution in [0.25, 0.3) is 0 Å². The van der Waals surface area contributed by atoms with Gasteiger partial charge in [0.2, 0.25) is 0 Å². The molecule has 1 aromatic rings. The number of phenols is 1. The smallest absolute Gasteiger partial charge is 0.313 e. The van der Waals surface area contributed by atoms with E-state index in [4.69, 9.17) is 4.74 Å². The van der Waals surface area contributed by atoms with Gasteiger partial charge in [0.15, 0.2) is 5.78 Å². The van der Waals surface area contributed by atoms with Gasteiger partial charge in [-0.05, 0) is 37.0 Å². The number of hydrogen-bond acceptors (Lipinski definition) is 6. The van der Waals surface area contributed by atoms with Crippen molar-refractivity contribution in [3.05, 3.63) is 41.6 Å². The van der Waals surface area contributed by atoms with E-state index < -0.39 is 18.0 Å². The van der Waals surface area contributed by atoms with Crippen LogP contribution in [0.15, 0.2) is 36.0 Å². The topological polar surface area (TPSA) is 87.1 Å². The Balaban J connectivity index is 1.82.